The molecule has 3 rings (SSSR count). The molecule has 22 heavy (non-hydrogen) atoms. The van der Waals surface area contributed by atoms with Gasteiger partial charge in [-0.25, -0.2) is 0 Å². The van der Waals surface area contributed by atoms with Crippen molar-refractivity contribution in [3.05, 3.63) is 5.01 Å². The number of thioether (sulfide) groups is 1. The molecule has 3 heterocycles. The van der Waals surface area contributed by atoms with Gasteiger partial charge in [-0.1, -0.05) is 25.2 Å². The van der Waals surface area contributed by atoms with Crippen molar-refractivity contribution < 1.29 is 9.59 Å². The lowest BCUT2D eigenvalue weighted by Crippen LogP contribution is -2.48. The minimum absolute atomic E-state index is 0.0745. The van der Waals surface area contributed by atoms with Crippen LogP contribution >= 0.6 is 23.1 Å². The van der Waals surface area contributed by atoms with E-state index >= 15 is 0 Å². The Bertz CT molecular complexity index is 603. The highest BCUT2D eigenvalue weighted by Gasteiger charge is 2.52. The molecule has 0 saturated carbocycles. The summed E-state index contributed by atoms with van der Waals surface area (Å²) in [5.41, 5.74) is 0. The van der Waals surface area contributed by atoms with Crippen molar-refractivity contribution >= 4 is 40.0 Å². The summed E-state index contributed by atoms with van der Waals surface area (Å²) in [6.45, 7) is 6.28. The van der Waals surface area contributed by atoms with E-state index in [0.29, 0.717) is 23.2 Å². The molecule has 0 unspecified atom stereocenters. The molecule has 1 aromatic heterocycles. The van der Waals surface area contributed by atoms with Crippen LogP contribution in [0.5, 0.6) is 0 Å². The van der Waals surface area contributed by atoms with E-state index < -0.39 is 6.04 Å². The Balaban J connectivity index is 1.67. The summed E-state index contributed by atoms with van der Waals surface area (Å²) < 4.78 is 0. The predicted octanol–water partition coefficient (Wildman–Crippen LogP) is 2.13. The molecule has 0 aliphatic carbocycles. The number of anilines is 1. The monoisotopic (exact) mass is 340 g/mol. The summed E-state index contributed by atoms with van der Waals surface area (Å²) in [4.78, 5) is 26.1. The molecule has 1 aromatic rings. The van der Waals surface area contributed by atoms with E-state index in [1.165, 1.54) is 11.3 Å². The summed E-state index contributed by atoms with van der Waals surface area (Å²) in [6, 6.07) is -0.401. The van der Waals surface area contributed by atoms with Gasteiger partial charge in [-0.3, -0.25) is 14.9 Å². The largest absolute Gasteiger partial charge is 0.315 e. The number of hydrogen-bond acceptors (Lipinski definition) is 6. The van der Waals surface area contributed by atoms with Crippen LogP contribution in [0.15, 0.2) is 0 Å². The van der Waals surface area contributed by atoms with Gasteiger partial charge in [-0.05, 0) is 19.3 Å². The molecule has 0 bridgehead atoms. The van der Waals surface area contributed by atoms with E-state index in [1.807, 2.05) is 6.92 Å². The number of hydrogen-bond donors (Lipinski definition) is 1. The van der Waals surface area contributed by atoms with Crippen molar-refractivity contribution in [2.75, 3.05) is 11.1 Å². The van der Waals surface area contributed by atoms with E-state index in [4.69, 9.17) is 0 Å². The maximum Gasteiger partial charge on any atom is 0.249 e. The highest BCUT2D eigenvalue weighted by molar-refractivity contribution is 8.01. The average Bonchev–Trinajstić information content (AvgIpc) is 3.07. The Morgan fingerprint density at radius 1 is 1.50 bits per heavy atom. The second-order valence-corrected chi connectivity index (χ2v) is 8.92. The molecular weight excluding hydrogens is 320 g/mol. The van der Waals surface area contributed by atoms with Crippen LogP contribution in [0.2, 0.25) is 0 Å². The maximum absolute atomic E-state index is 12.5. The van der Waals surface area contributed by atoms with Crippen LogP contribution in [0.4, 0.5) is 5.13 Å². The third-order valence-electron chi connectivity index (χ3n) is 4.03. The number of nitrogens with one attached hydrogen (secondary N) is 1. The summed E-state index contributed by atoms with van der Waals surface area (Å²) in [5.74, 6) is 1.07. The fourth-order valence-electron chi connectivity index (χ4n) is 2.94. The second kappa shape index (κ2) is 5.81. The Hall–Kier alpha value is -1.15. The number of fused-ring (bicyclic) bond motifs is 1. The first-order chi connectivity index (χ1) is 10.4. The zero-order chi connectivity index (χ0) is 15.9. The number of rotatable bonds is 4. The molecule has 6 nitrogen and oxygen atoms in total. The van der Waals surface area contributed by atoms with Crippen LogP contribution < -0.4 is 5.32 Å². The zero-order valence-electron chi connectivity index (χ0n) is 13.0. The molecule has 2 aliphatic rings. The van der Waals surface area contributed by atoms with E-state index in [2.05, 4.69) is 29.4 Å². The number of carbonyl (C=O) groups excluding carboxylic acids is 2. The fourth-order valence-corrected chi connectivity index (χ4v) is 5.33. The summed E-state index contributed by atoms with van der Waals surface area (Å²) in [6.07, 6.45) is 2.21. The van der Waals surface area contributed by atoms with Crippen molar-refractivity contribution in [2.24, 2.45) is 5.92 Å². The van der Waals surface area contributed by atoms with E-state index in [9.17, 15) is 9.59 Å². The van der Waals surface area contributed by atoms with Crippen LogP contribution in [0, 0.1) is 5.92 Å². The quantitative estimate of drug-likeness (QED) is 0.909. The molecule has 2 aliphatic heterocycles. The Kier molecular flexibility index (Phi) is 4.15. The number of aromatic nitrogens is 2. The lowest BCUT2D eigenvalue weighted by Gasteiger charge is -2.29. The van der Waals surface area contributed by atoms with Crippen molar-refractivity contribution in [1.29, 1.82) is 0 Å². The van der Waals surface area contributed by atoms with Crippen molar-refractivity contribution in [3.63, 3.8) is 0 Å². The average molecular weight is 340 g/mol. The van der Waals surface area contributed by atoms with Crippen LogP contribution in [0.1, 0.15) is 38.6 Å². The molecule has 2 fully saturated rings. The van der Waals surface area contributed by atoms with Gasteiger partial charge >= 0.3 is 0 Å². The zero-order valence-corrected chi connectivity index (χ0v) is 14.6. The van der Waals surface area contributed by atoms with Crippen LogP contribution in [0.25, 0.3) is 0 Å². The lowest BCUT2D eigenvalue weighted by molar-refractivity contribution is -0.135. The minimum Gasteiger partial charge on any atom is -0.315 e. The number of nitrogens with zero attached hydrogens (tertiary/aromatic N) is 3. The third kappa shape index (κ3) is 2.86. The van der Waals surface area contributed by atoms with Gasteiger partial charge < -0.3 is 4.90 Å². The minimum atomic E-state index is -0.401. The van der Waals surface area contributed by atoms with Gasteiger partial charge in [0.1, 0.15) is 11.0 Å². The summed E-state index contributed by atoms with van der Waals surface area (Å²) >= 11 is 3.10. The first kappa shape index (κ1) is 15.7. The highest BCUT2D eigenvalue weighted by Crippen LogP contribution is 2.47. The molecular formula is C14H20N4O2S2. The van der Waals surface area contributed by atoms with Gasteiger partial charge in [-0.15, -0.1) is 22.0 Å². The van der Waals surface area contributed by atoms with Crippen LogP contribution in [0.3, 0.4) is 0 Å². The van der Waals surface area contributed by atoms with Gasteiger partial charge in [-0.2, -0.15) is 0 Å². The first-order valence-electron chi connectivity index (χ1n) is 7.48. The van der Waals surface area contributed by atoms with Crippen LogP contribution in [-0.2, 0) is 16.0 Å². The molecule has 120 valence electrons. The molecule has 2 saturated heterocycles. The number of carbonyl (C=O) groups is 2. The highest BCUT2D eigenvalue weighted by atomic mass is 32.2. The molecule has 2 atom stereocenters. The lowest BCUT2D eigenvalue weighted by atomic mass is 10.1. The SMILES string of the molecule is CC(C)Cc1nnc(NC(=O)[C@H]2CS[C@]3(C)CCC(=O)N23)s1. The van der Waals surface area contributed by atoms with Crippen LogP contribution in [-0.4, -0.2) is 43.6 Å². The van der Waals surface area contributed by atoms with E-state index in [0.717, 1.165) is 17.8 Å². The molecule has 0 spiro atoms. The molecule has 0 aromatic carbocycles. The Labute approximate surface area is 138 Å². The first-order valence-corrected chi connectivity index (χ1v) is 9.28. The summed E-state index contributed by atoms with van der Waals surface area (Å²) in [5, 5.41) is 12.4. The van der Waals surface area contributed by atoms with Gasteiger partial charge in [0, 0.05) is 18.6 Å². The fraction of sp³-hybridized carbons (Fsp3) is 0.714. The maximum atomic E-state index is 12.5. The standard InChI is InChI=1S/C14H20N4O2S2/c1-8(2)6-10-16-17-13(22-10)15-12(20)9-7-21-14(3)5-4-11(19)18(9)14/h8-9H,4-7H2,1-3H3,(H,15,17,20)/t9-,14-/m1/s1. The van der Waals surface area contributed by atoms with Gasteiger partial charge in [0.15, 0.2) is 0 Å². The summed E-state index contributed by atoms with van der Waals surface area (Å²) in [7, 11) is 0. The second-order valence-electron chi connectivity index (χ2n) is 6.35. The topological polar surface area (TPSA) is 75.2 Å². The normalized spacial score (nSPS) is 27.5. The van der Waals surface area contributed by atoms with E-state index in [1.54, 1.807) is 16.7 Å². The van der Waals surface area contributed by atoms with Gasteiger partial charge in [0.2, 0.25) is 16.9 Å². The molecule has 0 radical (unpaired) electrons. The van der Waals surface area contributed by atoms with Crippen molar-refractivity contribution in [2.45, 2.75) is 50.9 Å². The van der Waals surface area contributed by atoms with Crippen molar-refractivity contribution in [3.8, 4) is 0 Å². The van der Waals surface area contributed by atoms with Gasteiger partial charge in [0.05, 0.1) is 4.87 Å². The Morgan fingerprint density at radius 3 is 3.00 bits per heavy atom. The molecule has 1 N–H and O–H groups in total. The third-order valence-corrected chi connectivity index (χ3v) is 6.39. The van der Waals surface area contributed by atoms with Crippen molar-refractivity contribution in [1.82, 2.24) is 15.1 Å². The molecule has 2 amide bonds. The van der Waals surface area contributed by atoms with E-state index in [-0.39, 0.29) is 16.7 Å². The predicted molar refractivity (Wildman–Crippen MR) is 87.8 cm³/mol. The van der Waals surface area contributed by atoms with Gasteiger partial charge in [0.25, 0.3) is 0 Å². The number of amides is 2. The molecule has 8 heteroatoms. The smallest absolute Gasteiger partial charge is 0.249 e. The Morgan fingerprint density at radius 2 is 2.27 bits per heavy atom.